The second kappa shape index (κ2) is 9.53. The number of ether oxygens (including phenoxy) is 2. The van der Waals surface area contributed by atoms with Crippen LogP contribution in [0.25, 0.3) is 6.08 Å². The minimum atomic E-state index is -3.15. The summed E-state index contributed by atoms with van der Waals surface area (Å²) >= 11 is 6.16. The quantitative estimate of drug-likeness (QED) is 0.604. The first-order chi connectivity index (χ1) is 14.3. The number of methoxy groups -OCH3 is 2. The summed E-state index contributed by atoms with van der Waals surface area (Å²) in [7, 11) is -0.0535. The molecule has 0 saturated carbocycles. The van der Waals surface area contributed by atoms with Crippen molar-refractivity contribution in [3.05, 3.63) is 64.7 Å². The van der Waals surface area contributed by atoms with Gasteiger partial charge in [-0.3, -0.25) is 4.79 Å². The monoisotopic (exact) mass is 449 g/mol. The van der Waals surface area contributed by atoms with Crippen LogP contribution in [-0.2, 0) is 21.2 Å². The molecule has 2 aromatic rings. The van der Waals surface area contributed by atoms with E-state index in [9.17, 15) is 13.2 Å². The number of hydrogen-bond donors (Lipinski definition) is 0. The van der Waals surface area contributed by atoms with Gasteiger partial charge >= 0.3 is 0 Å². The SMILES string of the molecule is COc1ccc(CN(C(=O)/C=C/c2ccccc2Cl)[C@H]2CCS(=O)(=O)C2)cc1OC. The van der Waals surface area contributed by atoms with Gasteiger partial charge in [-0.05, 0) is 41.8 Å². The fourth-order valence-corrected chi connectivity index (χ4v) is 5.38. The fraction of sp³-hybridized carbons (Fsp3) is 0.318. The van der Waals surface area contributed by atoms with E-state index in [1.54, 1.807) is 43.4 Å². The number of amides is 1. The maximum absolute atomic E-state index is 13.1. The van der Waals surface area contributed by atoms with Crippen LogP contribution in [0, 0.1) is 0 Å². The molecule has 1 heterocycles. The summed E-state index contributed by atoms with van der Waals surface area (Å²) in [5.41, 5.74) is 1.54. The number of halogens is 1. The lowest BCUT2D eigenvalue weighted by Crippen LogP contribution is -2.39. The normalized spacial score (nSPS) is 17.8. The van der Waals surface area contributed by atoms with Crippen LogP contribution in [-0.4, -0.2) is 51.0 Å². The highest BCUT2D eigenvalue weighted by atomic mass is 35.5. The Balaban J connectivity index is 1.87. The summed E-state index contributed by atoms with van der Waals surface area (Å²) in [6, 6.07) is 12.2. The van der Waals surface area contributed by atoms with Gasteiger partial charge in [0.25, 0.3) is 0 Å². The van der Waals surface area contributed by atoms with Crippen LogP contribution in [0.2, 0.25) is 5.02 Å². The van der Waals surface area contributed by atoms with Crippen molar-refractivity contribution in [2.45, 2.75) is 19.0 Å². The van der Waals surface area contributed by atoms with Gasteiger partial charge in [0.1, 0.15) is 0 Å². The van der Waals surface area contributed by atoms with Crippen molar-refractivity contribution in [3.63, 3.8) is 0 Å². The highest BCUT2D eigenvalue weighted by Crippen LogP contribution is 2.29. The third-order valence-electron chi connectivity index (χ3n) is 5.04. The third kappa shape index (κ3) is 5.34. The van der Waals surface area contributed by atoms with E-state index in [0.717, 1.165) is 11.1 Å². The van der Waals surface area contributed by atoms with E-state index < -0.39 is 9.84 Å². The van der Waals surface area contributed by atoms with Crippen LogP contribution in [0.4, 0.5) is 0 Å². The van der Waals surface area contributed by atoms with Gasteiger partial charge in [0.05, 0.1) is 25.7 Å². The maximum Gasteiger partial charge on any atom is 0.247 e. The Labute approximate surface area is 182 Å². The van der Waals surface area contributed by atoms with Gasteiger partial charge in [-0.15, -0.1) is 0 Å². The lowest BCUT2D eigenvalue weighted by atomic mass is 10.1. The Kier molecular flexibility index (Phi) is 7.05. The molecule has 0 spiro atoms. The molecule has 1 saturated heterocycles. The zero-order chi connectivity index (χ0) is 21.7. The minimum absolute atomic E-state index is 0.0358. The van der Waals surface area contributed by atoms with Crippen LogP contribution in [0.5, 0.6) is 11.5 Å². The molecule has 6 nitrogen and oxygen atoms in total. The largest absolute Gasteiger partial charge is 0.493 e. The Morgan fingerprint density at radius 1 is 1.17 bits per heavy atom. The van der Waals surface area contributed by atoms with Crippen LogP contribution in [0.3, 0.4) is 0 Å². The summed E-state index contributed by atoms with van der Waals surface area (Å²) in [5.74, 6) is 0.911. The average molecular weight is 450 g/mol. The Morgan fingerprint density at radius 2 is 1.90 bits per heavy atom. The van der Waals surface area contributed by atoms with Gasteiger partial charge in [0.2, 0.25) is 5.91 Å². The molecule has 1 atom stereocenters. The van der Waals surface area contributed by atoms with Crippen LogP contribution < -0.4 is 9.47 Å². The van der Waals surface area contributed by atoms with E-state index in [4.69, 9.17) is 21.1 Å². The summed E-state index contributed by atoms with van der Waals surface area (Å²) in [6.07, 6.45) is 3.50. The van der Waals surface area contributed by atoms with Gasteiger partial charge in [-0.25, -0.2) is 8.42 Å². The molecule has 3 rings (SSSR count). The van der Waals surface area contributed by atoms with E-state index in [0.29, 0.717) is 22.9 Å². The molecule has 2 aromatic carbocycles. The first-order valence-electron chi connectivity index (χ1n) is 9.47. The molecule has 1 aliphatic heterocycles. The van der Waals surface area contributed by atoms with Gasteiger partial charge in [-0.2, -0.15) is 0 Å². The molecule has 30 heavy (non-hydrogen) atoms. The molecule has 1 aliphatic rings. The van der Waals surface area contributed by atoms with Crippen molar-refractivity contribution in [2.75, 3.05) is 25.7 Å². The van der Waals surface area contributed by atoms with Crippen LogP contribution in [0.1, 0.15) is 17.5 Å². The summed E-state index contributed by atoms with van der Waals surface area (Å²) in [6.45, 7) is 0.256. The zero-order valence-corrected chi connectivity index (χ0v) is 18.4. The zero-order valence-electron chi connectivity index (χ0n) is 16.9. The third-order valence-corrected chi connectivity index (χ3v) is 7.14. The number of sulfone groups is 1. The fourth-order valence-electron chi connectivity index (χ4n) is 3.45. The van der Waals surface area contributed by atoms with Gasteiger partial charge in [-0.1, -0.05) is 35.9 Å². The maximum atomic E-state index is 13.1. The lowest BCUT2D eigenvalue weighted by Gasteiger charge is -2.27. The number of rotatable bonds is 7. The molecule has 0 aliphatic carbocycles. The number of hydrogen-bond acceptors (Lipinski definition) is 5. The minimum Gasteiger partial charge on any atom is -0.493 e. The van der Waals surface area contributed by atoms with Crippen molar-refractivity contribution in [1.29, 1.82) is 0 Å². The summed E-state index contributed by atoms with van der Waals surface area (Å²) in [5, 5.41) is 0.538. The van der Waals surface area contributed by atoms with Crippen molar-refractivity contribution in [1.82, 2.24) is 4.90 Å². The first-order valence-corrected chi connectivity index (χ1v) is 11.7. The Bertz CT molecular complexity index is 1050. The standard InChI is InChI=1S/C22H24ClNO5S/c1-28-20-9-7-16(13-21(20)29-2)14-24(18-11-12-30(26,27)15-18)22(25)10-8-17-5-3-4-6-19(17)23/h3-10,13,18H,11-12,14-15H2,1-2H3/b10-8+/t18-/m0/s1. The molecule has 160 valence electrons. The number of benzene rings is 2. The van der Waals surface area contributed by atoms with Crippen LogP contribution in [0.15, 0.2) is 48.5 Å². The first kappa shape index (κ1) is 22.2. The predicted molar refractivity (Wildman–Crippen MR) is 118 cm³/mol. The molecule has 1 amide bonds. The molecule has 8 heteroatoms. The molecule has 0 bridgehead atoms. The van der Waals surface area contributed by atoms with E-state index in [2.05, 4.69) is 0 Å². The van der Waals surface area contributed by atoms with Gasteiger partial charge < -0.3 is 14.4 Å². The molecular formula is C22H24ClNO5S. The van der Waals surface area contributed by atoms with Gasteiger partial charge in [0, 0.05) is 23.7 Å². The molecule has 1 fully saturated rings. The van der Waals surface area contributed by atoms with Crippen LogP contribution >= 0.6 is 11.6 Å². The second-order valence-corrected chi connectivity index (χ2v) is 9.70. The molecule has 0 unspecified atom stereocenters. The lowest BCUT2D eigenvalue weighted by molar-refractivity contribution is -0.128. The highest BCUT2D eigenvalue weighted by Gasteiger charge is 2.34. The smallest absolute Gasteiger partial charge is 0.247 e. The highest BCUT2D eigenvalue weighted by molar-refractivity contribution is 7.91. The number of carbonyl (C=O) groups excluding carboxylic acids is 1. The Morgan fingerprint density at radius 3 is 2.53 bits per heavy atom. The van der Waals surface area contributed by atoms with Crippen molar-refractivity contribution in [3.8, 4) is 11.5 Å². The predicted octanol–water partition coefficient (Wildman–Crippen LogP) is 3.59. The Hall–Kier alpha value is -2.51. The van der Waals surface area contributed by atoms with E-state index >= 15 is 0 Å². The molecule has 0 aromatic heterocycles. The van der Waals surface area contributed by atoms with E-state index in [-0.39, 0.29) is 30.0 Å². The van der Waals surface area contributed by atoms with E-state index in [1.165, 1.54) is 6.08 Å². The molecule has 0 radical (unpaired) electrons. The van der Waals surface area contributed by atoms with Crippen molar-refractivity contribution < 1.29 is 22.7 Å². The average Bonchev–Trinajstić information content (AvgIpc) is 3.10. The summed E-state index contributed by atoms with van der Waals surface area (Å²) < 4.78 is 34.6. The van der Waals surface area contributed by atoms with Crippen molar-refractivity contribution >= 4 is 33.4 Å². The molecular weight excluding hydrogens is 426 g/mol. The second-order valence-electron chi connectivity index (χ2n) is 7.07. The molecule has 0 N–H and O–H groups in total. The number of nitrogens with zero attached hydrogens (tertiary/aromatic N) is 1. The van der Waals surface area contributed by atoms with Gasteiger partial charge in [0.15, 0.2) is 21.3 Å². The summed E-state index contributed by atoms with van der Waals surface area (Å²) in [4.78, 5) is 14.6. The van der Waals surface area contributed by atoms with Crippen molar-refractivity contribution in [2.24, 2.45) is 0 Å². The number of carbonyl (C=O) groups is 1. The topological polar surface area (TPSA) is 72.9 Å². The van der Waals surface area contributed by atoms with E-state index in [1.807, 2.05) is 24.3 Å².